The summed E-state index contributed by atoms with van der Waals surface area (Å²) in [6, 6.07) is 3.91. The van der Waals surface area contributed by atoms with Crippen LogP contribution in [0.4, 0.5) is 0 Å². The number of hydrogen-bond acceptors (Lipinski definition) is 3. The molecule has 15 heavy (non-hydrogen) atoms. The molecule has 0 bridgehead atoms. The van der Waals surface area contributed by atoms with Crippen LogP contribution in [0.1, 0.15) is 18.3 Å². The molecule has 1 aromatic heterocycles. The number of ether oxygens (including phenoxy) is 1. The van der Waals surface area contributed by atoms with Crippen molar-refractivity contribution in [3.05, 3.63) is 36.2 Å². The molecule has 0 atom stereocenters. The van der Waals surface area contributed by atoms with Crippen molar-refractivity contribution in [1.82, 2.24) is 10.3 Å². The first-order chi connectivity index (χ1) is 7.27. The molecule has 0 unspecified atom stereocenters. The molecule has 0 amide bonds. The number of rotatable bonds is 6. The lowest BCUT2D eigenvalue weighted by atomic mass is 10.3. The van der Waals surface area contributed by atoms with Crippen molar-refractivity contribution < 1.29 is 4.74 Å². The van der Waals surface area contributed by atoms with Crippen LogP contribution >= 0.6 is 0 Å². The predicted molar refractivity (Wildman–Crippen MR) is 62.0 cm³/mol. The van der Waals surface area contributed by atoms with Crippen LogP contribution in [0.2, 0.25) is 0 Å². The first-order valence-corrected chi connectivity index (χ1v) is 5.18. The fourth-order valence-corrected chi connectivity index (χ4v) is 1.25. The van der Waals surface area contributed by atoms with Gasteiger partial charge in [-0.15, -0.1) is 0 Å². The van der Waals surface area contributed by atoms with E-state index in [1.54, 1.807) is 6.08 Å². The minimum absolute atomic E-state index is 0.518. The maximum atomic E-state index is 5.52. The van der Waals surface area contributed by atoms with Gasteiger partial charge in [0.2, 0.25) is 0 Å². The standard InChI is InChI=1S/C12H18N2O/c1-4-8-15-12-7-6-10(3)14-11(12)9-13-5-2/h4,6-7,13H,1,5,8-9H2,2-3H3. The van der Waals surface area contributed by atoms with Crippen LogP contribution < -0.4 is 10.1 Å². The van der Waals surface area contributed by atoms with Gasteiger partial charge in [0.1, 0.15) is 12.4 Å². The van der Waals surface area contributed by atoms with Crippen molar-refractivity contribution in [2.45, 2.75) is 20.4 Å². The lowest BCUT2D eigenvalue weighted by Crippen LogP contribution is -2.14. The Morgan fingerprint density at radius 1 is 1.53 bits per heavy atom. The van der Waals surface area contributed by atoms with Crippen LogP contribution in [0.5, 0.6) is 5.75 Å². The maximum Gasteiger partial charge on any atom is 0.142 e. The summed E-state index contributed by atoms with van der Waals surface area (Å²) in [5, 5.41) is 3.24. The van der Waals surface area contributed by atoms with Gasteiger partial charge in [-0.3, -0.25) is 4.98 Å². The Bertz CT molecular complexity index is 323. The zero-order valence-corrected chi connectivity index (χ0v) is 9.42. The molecule has 82 valence electrons. The molecule has 0 aromatic carbocycles. The first-order valence-electron chi connectivity index (χ1n) is 5.18. The van der Waals surface area contributed by atoms with Crippen molar-refractivity contribution in [3.63, 3.8) is 0 Å². The van der Waals surface area contributed by atoms with Gasteiger partial charge >= 0.3 is 0 Å². The molecule has 0 aliphatic heterocycles. The number of hydrogen-bond donors (Lipinski definition) is 1. The summed E-state index contributed by atoms with van der Waals surface area (Å²) in [5.74, 6) is 0.835. The van der Waals surface area contributed by atoms with Gasteiger partial charge in [-0.05, 0) is 25.6 Å². The van der Waals surface area contributed by atoms with Crippen LogP contribution in [0.25, 0.3) is 0 Å². The van der Waals surface area contributed by atoms with Crippen LogP contribution in [0, 0.1) is 6.92 Å². The Balaban J connectivity index is 2.77. The number of nitrogens with zero attached hydrogens (tertiary/aromatic N) is 1. The fourth-order valence-electron chi connectivity index (χ4n) is 1.25. The normalized spacial score (nSPS) is 10.0. The van der Waals surface area contributed by atoms with E-state index in [0.717, 1.165) is 30.2 Å². The Labute approximate surface area is 91.2 Å². The van der Waals surface area contributed by atoms with Gasteiger partial charge in [0.25, 0.3) is 0 Å². The van der Waals surface area contributed by atoms with Crippen LogP contribution in [-0.2, 0) is 6.54 Å². The number of nitrogens with one attached hydrogen (secondary N) is 1. The quantitative estimate of drug-likeness (QED) is 0.723. The van der Waals surface area contributed by atoms with Gasteiger partial charge in [-0.25, -0.2) is 0 Å². The second-order valence-electron chi connectivity index (χ2n) is 3.28. The van der Waals surface area contributed by atoms with Crippen LogP contribution in [0.3, 0.4) is 0 Å². The molecule has 0 aliphatic rings. The average molecular weight is 206 g/mol. The summed E-state index contributed by atoms with van der Waals surface area (Å²) in [7, 11) is 0. The third-order valence-electron chi connectivity index (χ3n) is 1.97. The van der Waals surface area contributed by atoms with Crippen molar-refractivity contribution in [2.75, 3.05) is 13.2 Å². The highest BCUT2D eigenvalue weighted by atomic mass is 16.5. The van der Waals surface area contributed by atoms with Gasteiger partial charge in [-0.1, -0.05) is 19.6 Å². The highest BCUT2D eigenvalue weighted by molar-refractivity contribution is 5.29. The lowest BCUT2D eigenvalue weighted by molar-refractivity contribution is 0.355. The van der Waals surface area contributed by atoms with E-state index in [1.807, 2.05) is 19.1 Å². The van der Waals surface area contributed by atoms with E-state index in [1.165, 1.54) is 0 Å². The fraction of sp³-hybridized carbons (Fsp3) is 0.417. The predicted octanol–water partition coefficient (Wildman–Crippen LogP) is 2.06. The van der Waals surface area contributed by atoms with E-state index in [4.69, 9.17) is 4.74 Å². The van der Waals surface area contributed by atoms with Crippen molar-refractivity contribution in [2.24, 2.45) is 0 Å². The number of aromatic nitrogens is 1. The van der Waals surface area contributed by atoms with Crippen molar-refractivity contribution >= 4 is 0 Å². The van der Waals surface area contributed by atoms with Crippen molar-refractivity contribution in [3.8, 4) is 5.75 Å². The second kappa shape index (κ2) is 6.19. The molecule has 0 radical (unpaired) electrons. The molecule has 0 saturated carbocycles. The van der Waals surface area contributed by atoms with E-state index in [0.29, 0.717) is 6.61 Å². The monoisotopic (exact) mass is 206 g/mol. The Hall–Kier alpha value is -1.35. The summed E-state index contributed by atoms with van der Waals surface area (Å²) in [6.45, 7) is 9.86. The topological polar surface area (TPSA) is 34.1 Å². The highest BCUT2D eigenvalue weighted by Crippen LogP contribution is 2.16. The Morgan fingerprint density at radius 3 is 3.00 bits per heavy atom. The molecular formula is C12H18N2O. The summed E-state index contributed by atoms with van der Waals surface area (Å²) < 4.78 is 5.52. The van der Waals surface area contributed by atoms with E-state index in [9.17, 15) is 0 Å². The minimum atomic E-state index is 0.518. The zero-order valence-electron chi connectivity index (χ0n) is 9.42. The van der Waals surface area contributed by atoms with Gasteiger partial charge in [-0.2, -0.15) is 0 Å². The number of aryl methyl sites for hydroxylation is 1. The Morgan fingerprint density at radius 2 is 2.33 bits per heavy atom. The Kier molecular flexibility index (Phi) is 4.84. The molecule has 1 rings (SSSR count). The third-order valence-corrected chi connectivity index (χ3v) is 1.97. The smallest absolute Gasteiger partial charge is 0.142 e. The van der Waals surface area contributed by atoms with E-state index in [-0.39, 0.29) is 0 Å². The van der Waals surface area contributed by atoms with Gasteiger partial charge in [0, 0.05) is 12.2 Å². The van der Waals surface area contributed by atoms with E-state index in [2.05, 4.69) is 23.8 Å². The second-order valence-corrected chi connectivity index (χ2v) is 3.28. The molecule has 1 aromatic rings. The summed E-state index contributed by atoms with van der Waals surface area (Å²) in [6.07, 6.45) is 1.73. The van der Waals surface area contributed by atoms with Gasteiger partial charge < -0.3 is 10.1 Å². The lowest BCUT2D eigenvalue weighted by Gasteiger charge is -2.10. The molecule has 3 nitrogen and oxygen atoms in total. The molecule has 0 spiro atoms. The maximum absolute atomic E-state index is 5.52. The minimum Gasteiger partial charge on any atom is -0.488 e. The molecule has 1 heterocycles. The number of pyridine rings is 1. The van der Waals surface area contributed by atoms with Crippen LogP contribution in [-0.4, -0.2) is 18.1 Å². The summed E-state index contributed by atoms with van der Waals surface area (Å²) in [4.78, 5) is 4.44. The van der Waals surface area contributed by atoms with Crippen LogP contribution in [0.15, 0.2) is 24.8 Å². The molecule has 0 aliphatic carbocycles. The van der Waals surface area contributed by atoms with Crippen molar-refractivity contribution in [1.29, 1.82) is 0 Å². The first kappa shape index (κ1) is 11.7. The molecule has 1 N–H and O–H groups in total. The summed E-state index contributed by atoms with van der Waals surface area (Å²) >= 11 is 0. The van der Waals surface area contributed by atoms with E-state index >= 15 is 0 Å². The molecule has 0 saturated heterocycles. The largest absolute Gasteiger partial charge is 0.488 e. The summed E-state index contributed by atoms with van der Waals surface area (Å²) in [5.41, 5.74) is 1.97. The average Bonchev–Trinajstić information content (AvgIpc) is 2.25. The SMILES string of the molecule is C=CCOc1ccc(C)nc1CNCC. The molecule has 0 fully saturated rings. The van der Waals surface area contributed by atoms with Gasteiger partial charge in [0.05, 0.1) is 5.69 Å². The highest BCUT2D eigenvalue weighted by Gasteiger charge is 2.04. The van der Waals surface area contributed by atoms with Gasteiger partial charge in [0.15, 0.2) is 0 Å². The van der Waals surface area contributed by atoms with E-state index < -0.39 is 0 Å². The third kappa shape index (κ3) is 3.72. The zero-order chi connectivity index (χ0) is 11.1. The molecule has 3 heteroatoms. The molecular weight excluding hydrogens is 188 g/mol.